The number of hydrogen-bond donors (Lipinski definition) is 1. The fourth-order valence-corrected chi connectivity index (χ4v) is 1.97. The lowest BCUT2D eigenvalue weighted by molar-refractivity contribution is 0.628. The van der Waals surface area contributed by atoms with Crippen molar-refractivity contribution in [3.05, 3.63) is 54.3 Å². The van der Waals surface area contributed by atoms with Crippen molar-refractivity contribution >= 4 is 16.6 Å². The molecule has 0 aliphatic heterocycles. The SMILES string of the molecule is Nc1nnc(-c2cccc(F)c2)c2ccccc12. The van der Waals surface area contributed by atoms with Gasteiger partial charge in [0.05, 0.1) is 0 Å². The van der Waals surface area contributed by atoms with E-state index >= 15 is 0 Å². The number of halogens is 1. The molecular formula is C14H10FN3. The maximum absolute atomic E-state index is 13.3. The summed E-state index contributed by atoms with van der Waals surface area (Å²) in [5, 5.41) is 9.69. The number of rotatable bonds is 1. The molecule has 0 saturated heterocycles. The second-order valence-electron chi connectivity index (χ2n) is 3.99. The largest absolute Gasteiger partial charge is 0.382 e. The van der Waals surface area contributed by atoms with Gasteiger partial charge in [-0.2, -0.15) is 0 Å². The zero-order valence-electron chi connectivity index (χ0n) is 9.47. The Morgan fingerprint density at radius 2 is 1.67 bits per heavy atom. The van der Waals surface area contributed by atoms with E-state index in [2.05, 4.69) is 10.2 Å². The highest BCUT2D eigenvalue weighted by atomic mass is 19.1. The van der Waals surface area contributed by atoms with Crippen LogP contribution >= 0.6 is 0 Å². The van der Waals surface area contributed by atoms with Gasteiger partial charge in [0.15, 0.2) is 5.82 Å². The minimum absolute atomic E-state index is 0.296. The first-order chi connectivity index (χ1) is 8.75. The smallest absolute Gasteiger partial charge is 0.154 e. The van der Waals surface area contributed by atoms with Gasteiger partial charge in [-0.1, -0.05) is 36.4 Å². The van der Waals surface area contributed by atoms with E-state index in [1.165, 1.54) is 12.1 Å². The summed E-state index contributed by atoms with van der Waals surface area (Å²) in [4.78, 5) is 0. The first kappa shape index (κ1) is 10.7. The fraction of sp³-hybridized carbons (Fsp3) is 0. The molecule has 0 spiro atoms. The highest BCUT2D eigenvalue weighted by Gasteiger charge is 2.09. The summed E-state index contributed by atoms with van der Waals surface area (Å²) < 4.78 is 13.3. The minimum Gasteiger partial charge on any atom is -0.382 e. The molecule has 0 saturated carbocycles. The molecule has 2 aromatic carbocycles. The van der Waals surface area contributed by atoms with Gasteiger partial charge >= 0.3 is 0 Å². The van der Waals surface area contributed by atoms with Crippen LogP contribution in [0.2, 0.25) is 0 Å². The third-order valence-corrected chi connectivity index (χ3v) is 2.81. The van der Waals surface area contributed by atoms with Crippen LogP contribution in [-0.2, 0) is 0 Å². The van der Waals surface area contributed by atoms with E-state index < -0.39 is 0 Å². The first-order valence-corrected chi connectivity index (χ1v) is 5.52. The lowest BCUT2D eigenvalue weighted by atomic mass is 10.0. The summed E-state index contributed by atoms with van der Waals surface area (Å²) in [7, 11) is 0. The number of hydrogen-bond acceptors (Lipinski definition) is 3. The van der Waals surface area contributed by atoms with E-state index in [-0.39, 0.29) is 5.82 Å². The van der Waals surface area contributed by atoms with E-state index in [1.54, 1.807) is 12.1 Å². The molecule has 0 atom stereocenters. The van der Waals surface area contributed by atoms with Crippen LogP contribution in [-0.4, -0.2) is 10.2 Å². The third kappa shape index (κ3) is 1.68. The van der Waals surface area contributed by atoms with E-state index in [0.29, 0.717) is 17.1 Å². The molecule has 1 heterocycles. The van der Waals surface area contributed by atoms with Gasteiger partial charge in [-0.15, -0.1) is 10.2 Å². The highest BCUT2D eigenvalue weighted by molar-refractivity contribution is 5.99. The summed E-state index contributed by atoms with van der Waals surface area (Å²) in [5.74, 6) is 0.0842. The Bertz CT molecular complexity index is 725. The van der Waals surface area contributed by atoms with Gasteiger partial charge in [-0.05, 0) is 12.1 Å². The average Bonchev–Trinajstić information content (AvgIpc) is 2.39. The van der Waals surface area contributed by atoms with Crippen molar-refractivity contribution in [1.82, 2.24) is 10.2 Å². The molecule has 88 valence electrons. The van der Waals surface area contributed by atoms with Gasteiger partial charge in [0.2, 0.25) is 0 Å². The molecule has 1 aromatic heterocycles. The van der Waals surface area contributed by atoms with Crippen LogP contribution < -0.4 is 5.73 Å². The second-order valence-corrected chi connectivity index (χ2v) is 3.99. The quantitative estimate of drug-likeness (QED) is 0.710. The van der Waals surface area contributed by atoms with Crippen LogP contribution in [0.15, 0.2) is 48.5 Å². The van der Waals surface area contributed by atoms with Crippen molar-refractivity contribution < 1.29 is 4.39 Å². The molecule has 18 heavy (non-hydrogen) atoms. The predicted molar refractivity (Wildman–Crippen MR) is 69.3 cm³/mol. The maximum atomic E-state index is 13.3. The Morgan fingerprint density at radius 3 is 2.44 bits per heavy atom. The number of nitrogen functional groups attached to an aromatic ring is 1. The molecule has 0 amide bonds. The monoisotopic (exact) mass is 239 g/mol. The number of nitrogens with two attached hydrogens (primary N) is 1. The van der Waals surface area contributed by atoms with Gasteiger partial charge in [0.1, 0.15) is 11.5 Å². The molecule has 0 fully saturated rings. The lowest BCUT2D eigenvalue weighted by Gasteiger charge is -2.06. The lowest BCUT2D eigenvalue weighted by Crippen LogP contribution is -1.97. The summed E-state index contributed by atoms with van der Waals surface area (Å²) in [6.45, 7) is 0. The van der Waals surface area contributed by atoms with Crippen LogP contribution in [0.3, 0.4) is 0 Å². The molecule has 0 aliphatic carbocycles. The molecule has 0 bridgehead atoms. The van der Waals surface area contributed by atoms with Crippen LogP contribution in [0.4, 0.5) is 10.2 Å². The fourth-order valence-electron chi connectivity index (χ4n) is 1.97. The van der Waals surface area contributed by atoms with Crippen molar-refractivity contribution in [1.29, 1.82) is 0 Å². The van der Waals surface area contributed by atoms with Crippen LogP contribution in [0.25, 0.3) is 22.0 Å². The molecule has 0 radical (unpaired) electrons. The maximum Gasteiger partial charge on any atom is 0.154 e. The highest BCUT2D eigenvalue weighted by Crippen LogP contribution is 2.28. The van der Waals surface area contributed by atoms with E-state index in [1.807, 2.05) is 24.3 Å². The number of benzene rings is 2. The molecule has 4 heteroatoms. The van der Waals surface area contributed by atoms with Gasteiger partial charge in [-0.3, -0.25) is 0 Å². The Kier molecular flexibility index (Phi) is 2.41. The number of fused-ring (bicyclic) bond motifs is 1. The predicted octanol–water partition coefficient (Wildman–Crippen LogP) is 3.02. The van der Waals surface area contributed by atoms with Gasteiger partial charge in [0, 0.05) is 16.3 Å². The number of anilines is 1. The van der Waals surface area contributed by atoms with Crippen molar-refractivity contribution in [2.24, 2.45) is 0 Å². The molecule has 0 unspecified atom stereocenters. The van der Waals surface area contributed by atoms with E-state index in [4.69, 9.17) is 5.73 Å². The number of aromatic nitrogens is 2. The van der Waals surface area contributed by atoms with Gasteiger partial charge in [0.25, 0.3) is 0 Å². The third-order valence-electron chi connectivity index (χ3n) is 2.81. The molecule has 3 nitrogen and oxygen atoms in total. The summed E-state index contributed by atoms with van der Waals surface area (Å²) in [6.07, 6.45) is 0. The Morgan fingerprint density at radius 1 is 0.889 bits per heavy atom. The van der Waals surface area contributed by atoms with Gasteiger partial charge < -0.3 is 5.73 Å². The first-order valence-electron chi connectivity index (χ1n) is 5.52. The van der Waals surface area contributed by atoms with Crippen LogP contribution in [0.1, 0.15) is 0 Å². The van der Waals surface area contributed by atoms with Crippen molar-refractivity contribution in [3.63, 3.8) is 0 Å². The standard InChI is InChI=1S/C14H10FN3/c15-10-5-3-4-9(8-10)13-11-6-1-2-7-12(11)14(16)18-17-13/h1-8H,(H2,16,18). The summed E-state index contributed by atoms with van der Waals surface area (Å²) >= 11 is 0. The Labute approximate surface area is 103 Å². The summed E-state index contributed by atoms with van der Waals surface area (Å²) in [5.41, 5.74) is 7.12. The molecule has 3 aromatic rings. The minimum atomic E-state index is -0.296. The Hall–Kier alpha value is -2.49. The normalized spacial score (nSPS) is 10.7. The van der Waals surface area contributed by atoms with Crippen molar-refractivity contribution in [3.8, 4) is 11.3 Å². The topological polar surface area (TPSA) is 51.8 Å². The van der Waals surface area contributed by atoms with Crippen molar-refractivity contribution in [2.45, 2.75) is 0 Å². The van der Waals surface area contributed by atoms with E-state index in [0.717, 1.165) is 10.8 Å². The van der Waals surface area contributed by atoms with Crippen molar-refractivity contribution in [2.75, 3.05) is 5.73 Å². The molecule has 2 N–H and O–H groups in total. The number of nitrogens with zero attached hydrogens (tertiary/aromatic N) is 2. The molecule has 3 rings (SSSR count). The van der Waals surface area contributed by atoms with E-state index in [9.17, 15) is 4.39 Å². The Balaban J connectivity index is 2.33. The van der Waals surface area contributed by atoms with Gasteiger partial charge in [-0.25, -0.2) is 4.39 Å². The van der Waals surface area contributed by atoms with Crippen LogP contribution in [0.5, 0.6) is 0 Å². The van der Waals surface area contributed by atoms with Crippen LogP contribution in [0, 0.1) is 5.82 Å². The zero-order chi connectivity index (χ0) is 12.5. The average molecular weight is 239 g/mol. The zero-order valence-corrected chi connectivity index (χ0v) is 9.47. The molecular weight excluding hydrogens is 229 g/mol. The molecule has 0 aliphatic rings. The second kappa shape index (κ2) is 4.07. The summed E-state index contributed by atoms with van der Waals surface area (Å²) in [6, 6.07) is 13.8.